The van der Waals surface area contributed by atoms with E-state index >= 15 is 0 Å². The Morgan fingerprint density at radius 3 is 3.08 bits per heavy atom. The van der Waals surface area contributed by atoms with Crippen molar-refractivity contribution in [1.82, 2.24) is 14.6 Å². The van der Waals surface area contributed by atoms with E-state index in [1.807, 2.05) is 19.1 Å². The van der Waals surface area contributed by atoms with Gasteiger partial charge in [-0.2, -0.15) is 5.10 Å². The van der Waals surface area contributed by atoms with Crippen molar-refractivity contribution in [3.8, 4) is 0 Å². The first-order valence-corrected chi connectivity index (χ1v) is 3.82. The van der Waals surface area contributed by atoms with Crippen molar-refractivity contribution in [2.45, 2.75) is 13.0 Å². The van der Waals surface area contributed by atoms with Crippen molar-refractivity contribution in [2.24, 2.45) is 5.73 Å². The SMILES string of the molecule is CC(N)c1ccc2cncnn12. The fraction of sp³-hybridized carbons (Fsp3) is 0.250. The van der Waals surface area contributed by atoms with Crippen LogP contribution < -0.4 is 5.73 Å². The number of nitrogens with zero attached hydrogens (tertiary/aromatic N) is 3. The standard InChI is InChI=1S/C8H10N4/c1-6(9)8-3-2-7-4-10-5-11-12(7)8/h2-6H,9H2,1H3. The summed E-state index contributed by atoms with van der Waals surface area (Å²) in [6.45, 7) is 1.93. The van der Waals surface area contributed by atoms with Gasteiger partial charge in [0.2, 0.25) is 0 Å². The van der Waals surface area contributed by atoms with Gasteiger partial charge in [0, 0.05) is 6.04 Å². The number of rotatable bonds is 1. The molecule has 0 aliphatic heterocycles. The lowest BCUT2D eigenvalue weighted by Crippen LogP contribution is -2.09. The number of aromatic nitrogens is 3. The summed E-state index contributed by atoms with van der Waals surface area (Å²) >= 11 is 0. The minimum absolute atomic E-state index is 0.00222. The van der Waals surface area contributed by atoms with E-state index in [-0.39, 0.29) is 6.04 Å². The first-order valence-electron chi connectivity index (χ1n) is 3.82. The van der Waals surface area contributed by atoms with Gasteiger partial charge in [0.05, 0.1) is 17.4 Å². The second-order valence-corrected chi connectivity index (χ2v) is 2.79. The Labute approximate surface area is 70.0 Å². The maximum Gasteiger partial charge on any atom is 0.136 e. The summed E-state index contributed by atoms with van der Waals surface area (Å²) in [4.78, 5) is 3.91. The van der Waals surface area contributed by atoms with Gasteiger partial charge in [-0.1, -0.05) is 0 Å². The highest BCUT2D eigenvalue weighted by atomic mass is 15.2. The minimum atomic E-state index is 0.00222. The third-order valence-corrected chi connectivity index (χ3v) is 1.82. The highest BCUT2D eigenvalue weighted by Crippen LogP contribution is 2.12. The lowest BCUT2D eigenvalue weighted by atomic mass is 10.3. The molecule has 2 aromatic heterocycles. The molecule has 0 bridgehead atoms. The number of nitrogens with two attached hydrogens (primary N) is 1. The van der Waals surface area contributed by atoms with E-state index in [1.165, 1.54) is 6.33 Å². The van der Waals surface area contributed by atoms with Crippen LogP contribution in [0.15, 0.2) is 24.7 Å². The lowest BCUT2D eigenvalue weighted by Gasteiger charge is -2.03. The molecule has 0 fully saturated rings. The molecule has 0 spiro atoms. The molecule has 0 saturated heterocycles. The van der Waals surface area contributed by atoms with E-state index in [2.05, 4.69) is 10.1 Å². The van der Waals surface area contributed by atoms with E-state index in [9.17, 15) is 0 Å². The van der Waals surface area contributed by atoms with Crippen molar-refractivity contribution in [3.63, 3.8) is 0 Å². The van der Waals surface area contributed by atoms with Gasteiger partial charge in [-0.05, 0) is 19.1 Å². The second-order valence-electron chi connectivity index (χ2n) is 2.79. The van der Waals surface area contributed by atoms with E-state index in [4.69, 9.17) is 5.73 Å². The van der Waals surface area contributed by atoms with Crippen molar-refractivity contribution in [2.75, 3.05) is 0 Å². The molecule has 2 aromatic rings. The molecule has 0 aliphatic carbocycles. The highest BCUT2D eigenvalue weighted by Gasteiger charge is 2.05. The Morgan fingerprint density at radius 2 is 2.33 bits per heavy atom. The molecule has 0 aliphatic rings. The zero-order chi connectivity index (χ0) is 8.55. The molecule has 2 rings (SSSR count). The molecular formula is C8H10N4. The fourth-order valence-corrected chi connectivity index (χ4v) is 1.23. The normalized spacial score (nSPS) is 13.5. The van der Waals surface area contributed by atoms with Crippen molar-refractivity contribution < 1.29 is 0 Å². The molecule has 0 aromatic carbocycles. The van der Waals surface area contributed by atoms with Crippen LogP contribution in [0.2, 0.25) is 0 Å². The Morgan fingerprint density at radius 1 is 1.50 bits per heavy atom. The van der Waals surface area contributed by atoms with Crippen molar-refractivity contribution in [3.05, 3.63) is 30.4 Å². The van der Waals surface area contributed by atoms with Crippen LogP contribution in [0.25, 0.3) is 5.52 Å². The molecule has 1 unspecified atom stereocenters. The molecule has 62 valence electrons. The highest BCUT2D eigenvalue weighted by molar-refractivity contribution is 5.46. The third kappa shape index (κ3) is 0.967. The summed E-state index contributed by atoms with van der Waals surface area (Å²) < 4.78 is 1.80. The topological polar surface area (TPSA) is 56.2 Å². The first kappa shape index (κ1) is 7.24. The van der Waals surface area contributed by atoms with Crippen LogP contribution in [-0.2, 0) is 0 Å². The zero-order valence-electron chi connectivity index (χ0n) is 6.81. The minimum Gasteiger partial charge on any atom is -0.323 e. The average Bonchev–Trinajstić information content (AvgIpc) is 2.47. The van der Waals surface area contributed by atoms with Crippen LogP contribution in [0, 0.1) is 0 Å². The van der Waals surface area contributed by atoms with Crippen molar-refractivity contribution >= 4 is 5.52 Å². The van der Waals surface area contributed by atoms with Crippen LogP contribution in [0.5, 0.6) is 0 Å². The third-order valence-electron chi connectivity index (χ3n) is 1.82. The van der Waals surface area contributed by atoms with Crippen molar-refractivity contribution in [1.29, 1.82) is 0 Å². The predicted molar refractivity (Wildman–Crippen MR) is 45.6 cm³/mol. The van der Waals surface area contributed by atoms with Crippen LogP contribution in [0.4, 0.5) is 0 Å². The largest absolute Gasteiger partial charge is 0.323 e. The average molecular weight is 162 g/mol. The van der Waals surface area contributed by atoms with Gasteiger partial charge in [-0.3, -0.25) is 0 Å². The monoisotopic (exact) mass is 162 g/mol. The summed E-state index contributed by atoms with van der Waals surface area (Å²) in [5.41, 5.74) is 7.73. The molecule has 0 saturated carbocycles. The summed E-state index contributed by atoms with van der Waals surface area (Å²) in [5.74, 6) is 0. The zero-order valence-corrected chi connectivity index (χ0v) is 6.81. The van der Waals surface area contributed by atoms with Gasteiger partial charge in [-0.25, -0.2) is 9.50 Å². The number of fused-ring (bicyclic) bond motifs is 1. The fourth-order valence-electron chi connectivity index (χ4n) is 1.23. The molecule has 1 atom stereocenters. The Hall–Kier alpha value is -1.42. The van der Waals surface area contributed by atoms with E-state index in [1.54, 1.807) is 10.7 Å². The molecule has 4 heteroatoms. The van der Waals surface area contributed by atoms with Crippen LogP contribution in [-0.4, -0.2) is 14.6 Å². The van der Waals surface area contributed by atoms with E-state index in [0.29, 0.717) is 0 Å². The van der Waals surface area contributed by atoms with Gasteiger partial charge in [0.1, 0.15) is 6.33 Å². The van der Waals surface area contributed by atoms with E-state index in [0.717, 1.165) is 11.2 Å². The van der Waals surface area contributed by atoms with Gasteiger partial charge < -0.3 is 5.73 Å². The van der Waals surface area contributed by atoms with Crippen LogP contribution in [0.3, 0.4) is 0 Å². The van der Waals surface area contributed by atoms with Gasteiger partial charge >= 0.3 is 0 Å². The van der Waals surface area contributed by atoms with Gasteiger partial charge in [0.25, 0.3) is 0 Å². The van der Waals surface area contributed by atoms with E-state index < -0.39 is 0 Å². The Bertz CT molecular complexity index is 391. The van der Waals surface area contributed by atoms with Gasteiger partial charge in [0.15, 0.2) is 0 Å². The summed E-state index contributed by atoms with van der Waals surface area (Å²) in [6.07, 6.45) is 3.28. The maximum absolute atomic E-state index is 5.74. The Balaban J connectivity index is 2.70. The molecule has 2 heterocycles. The van der Waals surface area contributed by atoms with Gasteiger partial charge in [-0.15, -0.1) is 0 Å². The molecule has 0 amide bonds. The smallest absolute Gasteiger partial charge is 0.136 e. The summed E-state index contributed by atoms with van der Waals surface area (Å²) in [7, 11) is 0. The maximum atomic E-state index is 5.74. The lowest BCUT2D eigenvalue weighted by molar-refractivity contribution is 0.725. The molecule has 2 N–H and O–H groups in total. The number of hydrogen-bond donors (Lipinski definition) is 1. The second kappa shape index (κ2) is 2.57. The quantitative estimate of drug-likeness (QED) is 0.673. The molecule has 4 nitrogen and oxygen atoms in total. The summed E-state index contributed by atoms with van der Waals surface area (Å²) in [6, 6.07) is 3.93. The molecular weight excluding hydrogens is 152 g/mol. The van der Waals surface area contributed by atoms with Crippen LogP contribution in [0.1, 0.15) is 18.7 Å². The molecule has 12 heavy (non-hydrogen) atoms. The summed E-state index contributed by atoms with van der Waals surface area (Å²) in [5, 5.41) is 4.09. The number of hydrogen-bond acceptors (Lipinski definition) is 3. The first-order chi connectivity index (χ1) is 5.79. The predicted octanol–water partition coefficient (Wildman–Crippen LogP) is 0.749. The molecule has 0 radical (unpaired) electrons. The Kier molecular flexibility index (Phi) is 1.55. The van der Waals surface area contributed by atoms with Crippen LogP contribution >= 0.6 is 0 Å².